The minimum Gasteiger partial charge on any atom is -0.381 e. The highest BCUT2D eigenvalue weighted by atomic mass is 16.5. The molecule has 0 aliphatic carbocycles. The van der Waals surface area contributed by atoms with Crippen molar-refractivity contribution in [2.75, 3.05) is 19.8 Å². The Morgan fingerprint density at radius 3 is 2.89 bits per heavy atom. The van der Waals surface area contributed by atoms with E-state index in [-0.39, 0.29) is 11.9 Å². The monoisotopic (exact) mass is 262 g/mol. The van der Waals surface area contributed by atoms with Crippen LogP contribution in [0.4, 0.5) is 0 Å². The zero-order valence-corrected chi connectivity index (χ0v) is 11.2. The zero-order valence-electron chi connectivity index (χ0n) is 11.2. The van der Waals surface area contributed by atoms with Crippen LogP contribution in [0.25, 0.3) is 0 Å². The van der Waals surface area contributed by atoms with Gasteiger partial charge in [0, 0.05) is 25.6 Å². The molecule has 1 aliphatic rings. The summed E-state index contributed by atoms with van der Waals surface area (Å²) >= 11 is 0. The van der Waals surface area contributed by atoms with E-state index in [1.54, 1.807) is 0 Å². The average molecular weight is 262 g/mol. The zero-order chi connectivity index (χ0) is 13.5. The first-order valence-electron chi connectivity index (χ1n) is 6.90. The number of benzene rings is 1. The summed E-state index contributed by atoms with van der Waals surface area (Å²) in [5.74, 6) is 0.465. The Bertz CT molecular complexity index is 388. The first kappa shape index (κ1) is 14.0. The molecule has 1 fully saturated rings. The molecule has 0 spiro atoms. The molecule has 0 saturated carbocycles. The van der Waals surface area contributed by atoms with E-state index >= 15 is 0 Å². The molecule has 0 radical (unpaired) electrons. The molecular formula is C15H22N2O2. The van der Waals surface area contributed by atoms with E-state index in [0.717, 1.165) is 31.6 Å². The normalized spacial score (nSPS) is 20.8. The van der Waals surface area contributed by atoms with E-state index in [2.05, 4.69) is 5.32 Å². The second kappa shape index (κ2) is 7.26. The van der Waals surface area contributed by atoms with Gasteiger partial charge in [-0.2, -0.15) is 0 Å². The Morgan fingerprint density at radius 2 is 2.21 bits per heavy atom. The Hall–Kier alpha value is -1.39. The summed E-state index contributed by atoms with van der Waals surface area (Å²) in [5, 5.41) is 2.95. The molecule has 1 aliphatic heterocycles. The lowest BCUT2D eigenvalue weighted by atomic mass is 10.0. The summed E-state index contributed by atoms with van der Waals surface area (Å²) in [6.07, 6.45) is 2.55. The maximum absolute atomic E-state index is 11.8. The van der Waals surface area contributed by atoms with E-state index in [1.165, 1.54) is 0 Å². The van der Waals surface area contributed by atoms with Crippen molar-refractivity contribution in [3.8, 4) is 0 Å². The van der Waals surface area contributed by atoms with Crippen molar-refractivity contribution in [1.82, 2.24) is 5.32 Å². The Kier molecular flexibility index (Phi) is 5.36. The van der Waals surface area contributed by atoms with Crippen molar-refractivity contribution < 1.29 is 9.53 Å². The summed E-state index contributed by atoms with van der Waals surface area (Å²) < 4.78 is 5.39. The van der Waals surface area contributed by atoms with Crippen molar-refractivity contribution in [1.29, 1.82) is 0 Å². The van der Waals surface area contributed by atoms with Crippen molar-refractivity contribution in [3.05, 3.63) is 35.9 Å². The van der Waals surface area contributed by atoms with E-state index in [0.29, 0.717) is 18.9 Å². The largest absolute Gasteiger partial charge is 0.381 e. The Balaban J connectivity index is 1.71. The minimum absolute atomic E-state index is 0.0157. The number of nitrogens with one attached hydrogen (secondary N) is 1. The summed E-state index contributed by atoms with van der Waals surface area (Å²) in [6, 6.07) is 9.49. The van der Waals surface area contributed by atoms with Gasteiger partial charge in [-0.05, 0) is 24.3 Å². The highest BCUT2D eigenvalue weighted by molar-refractivity contribution is 5.76. The number of nitrogens with two attached hydrogens (primary N) is 1. The van der Waals surface area contributed by atoms with Crippen LogP contribution < -0.4 is 11.1 Å². The second-order valence-corrected chi connectivity index (χ2v) is 5.11. The fraction of sp³-hybridized carbons (Fsp3) is 0.533. The van der Waals surface area contributed by atoms with E-state index < -0.39 is 0 Å². The molecule has 4 heteroatoms. The van der Waals surface area contributed by atoms with Crippen LogP contribution >= 0.6 is 0 Å². The van der Waals surface area contributed by atoms with Crippen molar-refractivity contribution in [2.45, 2.75) is 25.3 Å². The quantitative estimate of drug-likeness (QED) is 0.847. The molecule has 1 saturated heterocycles. The van der Waals surface area contributed by atoms with Gasteiger partial charge in [0.15, 0.2) is 0 Å². The number of rotatable bonds is 5. The predicted octanol–water partition coefficient (Wildman–Crippen LogP) is 1.62. The molecule has 3 N–H and O–H groups in total. The van der Waals surface area contributed by atoms with Gasteiger partial charge in [-0.3, -0.25) is 4.79 Å². The van der Waals surface area contributed by atoms with Crippen molar-refractivity contribution >= 4 is 5.91 Å². The molecule has 2 atom stereocenters. The van der Waals surface area contributed by atoms with E-state index in [4.69, 9.17) is 10.5 Å². The maximum Gasteiger partial charge on any atom is 0.221 e. The standard InChI is InChI=1S/C15H22N2O2/c16-14(13-6-2-1-3-7-13)9-15(18)17-10-12-5-4-8-19-11-12/h1-3,6-7,12,14H,4-5,8-11,16H2,(H,17,18). The molecule has 2 unspecified atom stereocenters. The third-order valence-corrected chi connectivity index (χ3v) is 3.48. The van der Waals surface area contributed by atoms with Crippen LogP contribution in [0.2, 0.25) is 0 Å². The molecule has 1 amide bonds. The van der Waals surface area contributed by atoms with Gasteiger partial charge in [0.2, 0.25) is 5.91 Å². The molecular weight excluding hydrogens is 240 g/mol. The number of carbonyl (C=O) groups is 1. The molecule has 1 heterocycles. The number of carbonyl (C=O) groups excluding carboxylic acids is 1. The number of hydrogen-bond acceptors (Lipinski definition) is 3. The SMILES string of the molecule is NC(CC(=O)NCC1CCCOC1)c1ccccc1. The third-order valence-electron chi connectivity index (χ3n) is 3.48. The van der Waals surface area contributed by atoms with Gasteiger partial charge in [-0.1, -0.05) is 30.3 Å². The fourth-order valence-corrected chi connectivity index (χ4v) is 2.32. The summed E-state index contributed by atoms with van der Waals surface area (Å²) in [4.78, 5) is 11.8. The topological polar surface area (TPSA) is 64.4 Å². The van der Waals surface area contributed by atoms with Gasteiger partial charge >= 0.3 is 0 Å². The summed E-state index contributed by atoms with van der Waals surface area (Å²) in [6.45, 7) is 2.30. The van der Waals surface area contributed by atoms with Crippen LogP contribution in [0, 0.1) is 5.92 Å². The minimum atomic E-state index is -0.233. The molecule has 0 bridgehead atoms. The molecule has 104 valence electrons. The average Bonchev–Trinajstić information content (AvgIpc) is 2.47. The Morgan fingerprint density at radius 1 is 1.42 bits per heavy atom. The van der Waals surface area contributed by atoms with Crippen LogP contribution in [0.5, 0.6) is 0 Å². The van der Waals surface area contributed by atoms with Crippen LogP contribution in [0.1, 0.15) is 30.9 Å². The second-order valence-electron chi connectivity index (χ2n) is 5.11. The highest BCUT2D eigenvalue weighted by Crippen LogP contribution is 2.14. The summed E-state index contributed by atoms with van der Waals surface area (Å²) in [5.41, 5.74) is 7.02. The van der Waals surface area contributed by atoms with E-state index in [9.17, 15) is 4.79 Å². The van der Waals surface area contributed by atoms with Gasteiger partial charge in [0.05, 0.1) is 6.61 Å². The van der Waals surface area contributed by atoms with Crippen LogP contribution in [0.15, 0.2) is 30.3 Å². The van der Waals surface area contributed by atoms with Gasteiger partial charge in [-0.15, -0.1) is 0 Å². The van der Waals surface area contributed by atoms with Gasteiger partial charge in [0.25, 0.3) is 0 Å². The molecule has 1 aromatic rings. The van der Waals surface area contributed by atoms with Gasteiger partial charge in [0.1, 0.15) is 0 Å². The first-order valence-corrected chi connectivity index (χ1v) is 6.90. The van der Waals surface area contributed by atoms with E-state index in [1.807, 2.05) is 30.3 Å². The third kappa shape index (κ3) is 4.65. The highest BCUT2D eigenvalue weighted by Gasteiger charge is 2.16. The van der Waals surface area contributed by atoms with Crippen molar-refractivity contribution in [3.63, 3.8) is 0 Å². The lowest BCUT2D eigenvalue weighted by molar-refractivity contribution is -0.121. The van der Waals surface area contributed by atoms with Crippen LogP contribution in [0.3, 0.4) is 0 Å². The van der Waals surface area contributed by atoms with Crippen molar-refractivity contribution in [2.24, 2.45) is 11.7 Å². The first-order chi connectivity index (χ1) is 9.25. The molecule has 4 nitrogen and oxygen atoms in total. The number of amides is 1. The number of ether oxygens (including phenoxy) is 1. The summed E-state index contributed by atoms with van der Waals surface area (Å²) in [7, 11) is 0. The molecule has 0 aromatic heterocycles. The smallest absolute Gasteiger partial charge is 0.221 e. The van der Waals surface area contributed by atoms with Gasteiger partial charge < -0.3 is 15.8 Å². The van der Waals surface area contributed by atoms with Gasteiger partial charge in [-0.25, -0.2) is 0 Å². The molecule has 19 heavy (non-hydrogen) atoms. The molecule has 1 aromatic carbocycles. The maximum atomic E-state index is 11.8. The lowest BCUT2D eigenvalue weighted by Gasteiger charge is -2.22. The molecule has 2 rings (SSSR count). The fourth-order valence-electron chi connectivity index (χ4n) is 2.32. The predicted molar refractivity (Wildman–Crippen MR) is 74.5 cm³/mol. The van der Waals surface area contributed by atoms with Crippen LogP contribution in [-0.4, -0.2) is 25.7 Å². The van der Waals surface area contributed by atoms with Crippen LogP contribution in [-0.2, 0) is 9.53 Å². The lowest BCUT2D eigenvalue weighted by Crippen LogP contribution is -2.34. The number of hydrogen-bond donors (Lipinski definition) is 2. The Labute approximate surface area is 114 Å².